The number of phenols is 1. The highest BCUT2D eigenvalue weighted by molar-refractivity contribution is 7.07. The predicted octanol–water partition coefficient (Wildman–Crippen LogP) is 2.83. The average molecular weight is 396 g/mol. The Balaban J connectivity index is 2.00. The van der Waals surface area contributed by atoms with Gasteiger partial charge in [0.15, 0.2) is 0 Å². The highest BCUT2D eigenvalue weighted by atomic mass is 32.1. The second-order valence-electron chi connectivity index (χ2n) is 5.78. The van der Waals surface area contributed by atoms with Crippen LogP contribution in [-0.2, 0) is 0 Å². The summed E-state index contributed by atoms with van der Waals surface area (Å²) in [5, 5.41) is 16.3. The molecule has 0 unspecified atom stereocenters. The fourth-order valence-electron chi connectivity index (χ4n) is 2.59. The molecule has 0 aliphatic rings. The van der Waals surface area contributed by atoms with Gasteiger partial charge in [0.1, 0.15) is 11.5 Å². The molecule has 0 saturated carbocycles. The standard InChI is InChI=1S/C20H20N4O3S/c1-3-27-15-7-4-13(5-8-15)11-23-24-17(12-28-20(24)22-2)14-6-9-18(25)16(10-14)19(21)26/h4-12,25H,3H2,1-2H3,(H2,21,26)/b22-20?,23-11-. The third-order valence-electron chi connectivity index (χ3n) is 3.95. The Morgan fingerprint density at radius 3 is 2.68 bits per heavy atom. The molecule has 0 aliphatic carbocycles. The smallest absolute Gasteiger partial charge is 0.252 e. The van der Waals surface area contributed by atoms with Gasteiger partial charge in [0.25, 0.3) is 5.91 Å². The van der Waals surface area contributed by atoms with Crippen molar-refractivity contribution >= 4 is 23.5 Å². The van der Waals surface area contributed by atoms with Crippen LogP contribution in [0.1, 0.15) is 22.8 Å². The maximum Gasteiger partial charge on any atom is 0.252 e. The molecule has 0 fully saturated rings. The van der Waals surface area contributed by atoms with Gasteiger partial charge in [0.05, 0.1) is 24.1 Å². The van der Waals surface area contributed by atoms with Crippen LogP contribution in [0, 0.1) is 0 Å². The van der Waals surface area contributed by atoms with Gasteiger partial charge in [0.2, 0.25) is 4.80 Å². The maximum atomic E-state index is 11.5. The van der Waals surface area contributed by atoms with Gasteiger partial charge in [0, 0.05) is 18.0 Å². The van der Waals surface area contributed by atoms with Crippen LogP contribution >= 0.6 is 11.3 Å². The van der Waals surface area contributed by atoms with E-state index in [0.717, 1.165) is 17.0 Å². The molecule has 0 saturated heterocycles. The van der Waals surface area contributed by atoms with Gasteiger partial charge in [-0.15, -0.1) is 11.3 Å². The minimum absolute atomic E-state index is 0.0562. The van der Waals surface area contributed by atoms with Gasteiger partial charge in [-0.05, 0) is 55.0 Å². The lowest BCUT2D eigenvalue weighted by atomic mass is 10.1. The highest BCUT2D eigenvalue weighted by Crippen LogP contribution is 2.26. The predicted molar refractivity (Wildman–Crippen MR) is 110 cm³/mol. The molecule has 3 aromatic rings. The highest BCUT2D eigenvalue weighted by Gasteiger charge is 2.13. The van der Waals surface area contributed by atoms with Crippen molar-refractivity contribution in [3.8, 4) is 22.8 Å². The minimum Gasteiger partial charge on any atom is -0.507 e. The van der Waals surface area contributed by atoms with Gasteiger partial charge >= 0.3 is 0 Å². The van der Waals surface area contributed by atoms with E-state index in [2.05, 4.69) is 10.1 Å². The van der Waals surface area contributed by atoms with Crippen LogP contribution in [0.3, 0.4) is 0 Å². The molecule has 2 aromatic carbocycles. The summed E-state index contributed by atoms with van der Waals surface area (Å²) in [7, 11) is 1.68. The van der Waals surface area contributed by atoms with Crippen molar-refractivity contribution in [2.24, 2.45) is 15.8 Å². The Labute approximate surface area is 166 Å². The normalized spacial score (nSPS) is 11.9. The summed E-state index contributed by atoms with van der Waals surface area (Å²) in [6.45, 7) is 2.55. The zero-order valence-electron chi connectivity index (χ0n) is 15.5. The molecule has 0 aliphatic heterocycles. The van der Waals surface area contributed by atoms with E-state index >= 15 is 0 Å². The lowest BCUT2D eigenvalue weighted by Gasteiger charge is -2.07. The van der Waals surface area contributed by atoms with Crippen LogP contribution in [0.4, 0.5) is 0 Å². The molecule has 3 N–H and O–H groups in total. The van der Waals surface area contributed by atoms with Crippen molar-refractivity contribution in [3.63, 3.8) is 0 Å². The summed E-state index contributed by atoms with van der Waals surface area (Å²) in [6, 6.07) is 12.3. The number of hydrogen-bond acceptors (Lipinski definition) is 6. The van der Waals surface area contributed by atoms with Crippen LogP contribution in [0.15, 0.2) is 57.9 Å². The van der Waals surface area contributed by atoms with E-state index < -0.39 is 5.91 Å². The maximum absolute atomic E-state index is 11.5. The van der Waals surface area contributed by atoms with Gasteiger partial charge in [-0.1, -0.05) is 0 Å². The topological polar surface area (TPSA) is 102 Å². The molecule has 8 heteroatoms. The van der Waals surface area contributed by atoms with Crippen LogP contribution < -0.4 is 15.3 Å². The first kappa shape index (κ1) is 19.4. The van der Waals surface area contributed by atoms with Crippen LogP contribution in [-0.4, -0.2) is 35.6 Å². The van der Waals surface area contributed by atoms with Crippen molar-refractivity contribution < 1.29 is 14.6 Å². The summed E-state index contributed by atoms with van der Waals surface area (Å²) in [4.78, 5) is 16.5. The van der Waals surface area contributed by atoms with Gasteiger partial charge < -0.3 is 15.6 Å². The van der Waals surface area contributed by atoms with Crippen LogP contribution in [0.5, 0.6) is 11.5 Å². The molecule has 7 nitrogen and oxygen atoms in total. The molecule has 28 heavy (non-hydrogen) atoms. The summed E-state index contributed by atoms with van der Waals surface area (Å²) >= 11 is 1.42. The number of ether oxygens (including phenoxy) is 1. The van der Waals surface area contributed by atoms with E-state index in [1.165, 1.54) is 17.4 Å². The fourth-order valence-corrected chi connectivity index (χ4v) is 3.40. The molecule has 0 spiro atoms. The second kappa shape index (κ2) is 8.53. The lowest BCUT2D eigenvalue weighted by molar-refractivity contribution is 0.0998. The monoisotopic (exact) mass is 396 g/mol. The number of nitrogens with two attached hydrogens (primary N) is 1. The molecule has 1 amide bonds. The van der Waals surface area contributed by atoms with E-state index in [1.807, 2.05) is 36.6 Å². The number of carbonyl (C=O) groups is 1. The SMILES string of the molecule is CCOc1ccc(/C=N\n2c(-c3ccc(O)c(C(N)=O)c3)csc2=NC)cc1. The third-order valence-corrected chi connectivity index (χ3v) is 4.86. The summed E-state index contributed by atoms with van der Waals surface area (Å²) in [5.41, 5.74) is 7.72. The lowest BCUT2D eigenvalue weighted by Crippen LogP contribution is -2.13. The van der Waals surface area contributed by atoms with E-state index in [9.17, 15) is 9.90 Å². The Hall–Kier alpha value is -3.39. The average Bonchev–Trinajstić information content (AvgIpc) is 3.11. The van der Waals surface area contributed by atoms with Crippen LogP contribution in [0.2, 0.25) is 0 Å². The summed E-state index contributed by atoms with van der Waals surface area (Å²) in [6.07, 6.45) is 1.72. The van der Waals surface area contributed by atoms with Gasteiger partial charge in [-0.25, -0.2) is 4.68 Å². The second-order valence-corrected chi connectivity index (χ2v) is 6.62. The number of benzene rings is 2. The molecule has 0 atom stereocenters. The van der Waals surface area contributed by atoms with E-state index in [4.69, 9.17) is 10.5 Å². The first-order chi connectivity index (χ1) is 13.5. The van der Waals surface area contributed by atoms with Gasteiger partial charge in [-0.2, -0.15) is 5.10 Å². The number of rotatable bonds is 6. The molecule has 0 radical (unpaired) electrons. The first-order valence-corrected chi connectivity index (χ1v) is 9.45. The van der Waals surface area contributed by atoms with Crippen molar-refractivity contribution in [1.82, 2.24) is 4.68 Å². The first-order valence-electron chi connectivity index (χ1n) is 8.57. The number of nitrogens with zero attached hydrogens (tertiary/aromatic N) is 3. The molecule has 3 rings (SSSR count). The van der Waals surface area contributed by atoms with E-state index in [-0.39, 0.29) is 11.3 Å². The number of amides is 1. The number of aromatic nitrogens is 1. The number of aromatic hydroxyl groups is 1. The van der Waals surface area contributed by atoms with Crippen molar-refractivity contribution in [1.29, 1.82) is 0 Å². The molecule has 1 heterocycles. The Morgan fingerprint density at radius 2 is 2.04 bits per heavy atom. The number of hydrogen-bond donors (Lipinski definition) is 2. The van der Waals surface area contributed by atoms with E-state index in [0.29, 0.717) is 17.0 Å². The molecular formula is C20H20N4O3S. The summed E-state index contributed by atoms with van der Waals surface area (Å²) in [5.74, 6) is -0.0495. The molecule has 144 valence electrons. The molecule has 1 aromatic heterocycles. The summed E-state index contributed by atoms with van der Waals surface area (Å²) < 4.78 is 7.12. The largest absolute Gasteiger partial charge is 0.507 e. The van der Waals surface area contributed by atoms with E-state index in [1.54, 1.807) is 30.1 Å². The van der Waals surface area contributed by atoms with Crippen LogP contribution in [0.25, 0.3) is 11.3 Å². The molecular weight excluding hydrogens is 376 g/mol. The van der Waals surface area contributed by atoms with Crippen molar-refractivity contribution in [2.45, 2.75) is 6.92 Å². The minimum atomic E-state index is -0.695. The third kappa shape index (κ3) is 4.12. The van der Waals surface area contributed by atoms with Gasteiger partial charge in [-0.3, -0.25) is 9.79 Å². The quantitative estimate of drug-likeness (QED) is 0.626. The fraction of sp³-hybridized carbons (Fsp3) is 0.150. The van der Waals surface area contributed by atoms with Crippen molar-refractivity contribution in [3.05, 3.63) is 63.8 Å². The Kier molecular flexibility index (Phi) is 5.90. The molecule has 0 bridgehead atoms. The van der Waals surface area contributed by atoms with Crippen molar-refractivity contribution in [2.75, 3.05) is 13.7 Å². The Bertz CT molecular complexity index is 1080. The zero-order valence-corrected chi connectivity index (χ0v) is 16.3. The zero-order chi connectivity index (χ0) is 20.1. The number of primary amides is 1. The number of carbonyl (C=O) groups excluding carboxylic acids is 1. The number of thiazole rings is 1. The Morgan fingerprint density at radius 1 is 1.29 bits per heavy atom.